The lowest BCUT2D eigenvalue weighted by atomic mass is 10.0. The molecule has 0 saturated carbocycles. The van der Waals surface area contributed by atoms with Gasteiger partial charge in [-0.15, -0.1) is 0 Å². The van der Waals surface area contributed by atoms with Crippen molar-refractivity contribution in [2.24, 2.45) is 0 Å². The van der Waals surface area contributed by atoms with E-state index in [1.165, 1.54) is 31.5 Å². The topological polar surface area (TPSA) is 15.3 Å². The van der Waals surface area contributed by atoms with Crippen LogP contribution in [0.5, 0.6) is 0 Å². The predicted octanol–water partition coefficient (Wildman–Crippen LogP) is 2.43. The van der Waals surface area contributed by atoms with E-state index in [1.54, 1.807) is 0 Å². The standard InChI is InChI=1S/C14H22N2/c1-3-14(12-7-5-4-6-8-12)16-10-9-13(11-16)15-2/h4-8,13-15H,3,9-11H2,1-2H3/t13?,14-/m1/s1. The van der Waals surface area contributed by atoms with Gasteiger partial charge in [-0.3, -0.25) is 4.90 Å². The van der Waals surface area contributed by atoms with Gasteiger partial charge in [-0.2, -0.15) is 0 Å². The van der Waals surface area contributed by atoms with Gasteiger partial charge in [0.05, 0.1) is 0 Å². The molecular formula is C14H22N2. The van der Waals surface area contributed by atoms with E-state index in [-0.39, 0.29) is 0 Å². The van der Waals surface area contributed by atoms with Crippen LogP contribution >= 0.6 is 0 Å². The summed E-state index contributed by atoms with van der Waals surface area (Å²) in [6, 6.07) is 12.2. The minimum atomic E-state index is 0.597. The quantitative estimate of drug-likeness (QED) is 0.835. The van der Waals surface area contributed by atoms with Crippen molar-refractivity contribution in [2.45, 2.75) is 31.8 Å². The molecule has 0 radical (unpaired) electrons. The fraction of sp³-hybridized carbons (Fsp3) is 0.571. The van der Waals surface area contributed by atoms with Crippen molar-refractivity contribution in [1.82, 2.24) is 10.2 Å². The summed E-state index contributed by atoms with van der Waals surface area (Å²) in [6.07, 6.45) is 2.47. The summed E-state index contributed by atoms with van der Waals surface area (Å²) in [5, 5.41) is 3.38. The molecule has 2 rings (SSSR count). The molecule has 2 atom stereocenters. The molecule has 1 aromatic carbocycles. The summed E-state index contributed by atoms with van der Waals surface area (Å²) in [4.78, 5) is 2.61. The average molecular weight is 218 g/mol. The number of hydrogen-bond donors (Lipinski definition) is 1. The van der Waals surface area contributed by atoms with Crippen molar-refractivity contribution in [3.8, 4) is 0 Å². The molecule has 2 nitrogen and oxygen atoms in total. The van der Waals surface area contributed by atoms with E-state index in [0.29, 0.717) is 12.1 Å². The highest BCUT2D eigenvalue weighted by atomic mass is 15.2. The summed E-state index contributed by atoms with van der Waals surface area (Å²) < 4.78 is 0. The maximum atomic E-state index is 3.38. The molecule has 16 heavy (non-hydrogen) atoms. The minimum absolute atomic E-state index is 0.597. The number of hydrogen-bond acceptors (Lipinski definition) is 2. The molecular weight excluding hydrogens is 196 g/mol. The van der Waals surface area contributed by atoms with E-state index in [0.717, 1.165) is 0 Å². The highest BCUT2D eigenvalue weighted by molar-refractivity contribution is 5.19. The smallest absolute Gasteiger partial charge is 0.0346 e. The van der Waals surface area contributed by atoms with E-state index in [4.69, 9.17) is 0 Å². The first-order valence-corrected chi connectivity index (χ1v) is 6.31. The first-order valence-electron chi connectivity index (χ1n) is 6.31. The molecule has 1 aliphatic heterocycles. The fourth-order valence-electron chi connectivity index (χ4n) is 2.69. The van der Waals surface area contributed by atoms with E-state index >= 15 is 0 Å². The van der Waals surface area contributed by atoms with Crippen molar-refractivity contribution in [3.63, 3.8) is 0 Å². The van der Waals surface area contributed by atoms with Crippen LogP contribution in [0.4, 0.5) is 0 Å². The third-order valence-corrected chi connectivity index (χ3v) is 3.64. The van der Waals surface area contributed by atoms with Crippen molar-refractivity contribution in [2.75, 3.05) is 20.1 Å². The van der Waals surface area contributed by atoms with Crippen molar-refractivity contribution in [1.29, 1.82) is 0 Å². The number of rotatable bonds is 4. The van der Waals surface area contributed by atoms with E-state index in [2.05, 4.69) is 54.5 Å². The molecule has 88 valence electrons. The lowest BCUT2D eigenvalue weighted by Crippen LogP contribution is -2.31. The van der Waals surface area contributed by atoms with Gasteiger partial charge < -0.3 is 5.32 Å². The Morgan fingerprint density at radius 3 is 2.69 bits per heavy atom. The molecule has 2 heteroatoms. The van der Waals surface area contributed by atoms with Crippen molar-refractivity contribution >= 4 is 0 Å². The molecule has 1 N–H and O–H groups in total. The van der Waals surface area contributed by atoms with Crippen LogP contribution in [0.25, 0.3) is 0 Å². The maximum absolute atomic E-state index is 3.38. The largest absolute Gasteiger partial charge is 0.316 e. The Morgan fingerprint density at radius 2 is 2.12 bits per heavy atom. The molecule has 0 aromatic heterocycles. The highest BCUT2D eigenvalue weighted by Crippen LogP contribution is 2.27. The molecule has 0 aliphatic carbocycles. The normalized spacial score (nSPS) is 23.5. The van der Waals surface area contributed by atoms with E-state index < -0.39 is 0 Å². The van der Waals surface area contributed by atoms with Gasteiger partial charge in [-0.05, 0) is 25.5 Å². The van der Waals surface area contributed by atoms with Crippen LogP contribution in [0.2, 0.25) is 0 Å². The molecule has 1 aromatic rings. The lowest BCUT2D eigenvalue weighted by Gasteiger charge is -2.27. The van der Waals surface area contributed by atoms with Crippen LogP contribution in [0, 0.1) is 0 Å². The van der Waals surface area contributed by atoms with Gasteiger partial charge in [0.15, 0.2) is 0 Å². The summed E-state index contributed by atoms with van der Waals surface area (Å²) in [6.45, 7) is 4.69. The van der Waals surface area contributed by atoms with Gasteiger partial charge >= 0.3 is 0 Å². The monoisotopic (exact) mass is 218 g/mol. The van der Waals surface area contributed by atoms with Crippen LogP contribution < -0.4 is 5.32 Å². The second-order valence-electron chi connectivity index (χ2n) is 4.60. The third kappa shape index (κ3) is 2.45. The Bertz CT molecular complexity index is 310. The average Bonchev–Trinajstić information content (AvgIpc) is 2.80. The fourth-order valence-corrected chi connectivity index (χ4v) is 2.69. The van der Waals surface area contributed by atoms with Crippen LogP contribution in [0.15, 0.2) is 30.3 Å². The van der Waals surface area contributed by atoms with Crippen LogP contribution in [-0.4, -0.2) is 31.1 Å². The van der Waals surface area contributed by atoms with Gasteiger partial charge in [-0.25, -0.2) is 0 Å². The predicted molar refractivity (Wildman–Crippen MR) is 68.5 cm³/mol. The first-order chi connectivity index (χ1) is 7.85. The molecule has 1 unspecified atom stereocenters. The van der Waals surface area contributed by atoms with Crippen LogP contribution in [-0.2, 0) is 0 Å². The molecule has 1 aliphatic rings. The Balaban J connectivity index is 2.06. The lowest BCUT2D eigenvalue weighted by molar-refractivity contribution is 0.234. The number of nitrogens with zero attached hydrogens (tertiary/aromatic N) is 1. The van der Waals surface area contributed by atoms with Gasteiger partial charge in [0.1, 0.15) is 0 Å². The van der Waals surface area contributed by atoms with Gasteiger partial charge in [-0.1, -0.05) is 37.3 Å². The summed E-state index contributed by atoms with van der Waals surface area (Å²) in [5.41, 5.74) is 1.46. The number of likely N-dealkylation sites (tertiary alicyclic amines) is 1. The zero-order chi connectivity index (χ0) is 11.4. The third-order valence-electron chi connectivity index (χ3n) is 3.64. The van der Waals surface area contributed by atoms with Crippen LogP contribution in [0.3, 0.4) is 0 Å². The van der Waals surface area contributed by atoms with Crippen molar-refractivity contribution in [3.05, 3.63) is 35.9 Å². The minimum Gasteiger partial charge on any atom is -0.316 e. The van der Waals surface area contributed by atoms with Gasteiger partial charge in [0.2, 0.25) is 0 Å². The molecule has 0 amide bonds. The van der Waals surface area contributed by atoms with E-state index in [1.807, 2.05) is 0 Å². The summed E-state index contributed by atoms with van der Waals surface area (Å²) in [7, 11) is 2.07. The second kappa shape index (κ2) is 5.46. The zero-order valence-corrected chi connectivity index (χ0v) is 10.3. The Morgan fingerprint density at radius 1 is 1.38 bits per heavy atom. The number of likely N-dealkylation sites (N-methyl/N-ethyl adjacent to an activating group) is 1. The Labute approximate surface area is 98.7 Å². The first kappa shape index (κ1) is 11.6. The SMILES string of the molecule is CC[C@H](c1ccccc1)N1CCC(NC)C1. The van der Waals surface area contributed by atoms with Crippen molar-refractivity contribution < 1.29 is 0 Å². The Hall–Kier alpha value is -0.860. The van der Waals surface area contributed by atoms with Gasteiger partial charge in [0.25, 0.3) is 0 Å². The molecule has 1 heterocycles. The number of benzene rings is 1. The van der Waals surface area contributed by atoms with E-state index in [9.17, 15) is 0 Å². The van der Waals surface area contributed by atoms with Crippen LogP contribution in [0.1, 0.15) is 31.4 Å². The summed E-state index contributed by atoms with van der Waals surface area (Å²) >= 11 is 0. The number of nitrogens with one attached hydrogen (secondary N) is 1. The highest BCUT2D eigenvalue weighted by Gasteiger charge is 2.26. The summed E-state index contributed by atoms with van der Waals surface area (Å²) in [5.74, 6) is 0. The molecule has 1 fully saturated rings. The maximum Gasteiger partial charge on any atom is 0.0346 e. The zero-order valence-electron chi connectivity index (χ0n) is 10.3. The van der Waals surface area contributed by atoms with Gasteiger partial charge in [0, 0.05) is 25.2 Å². The Kier molecular flexibility index (Phi) is 3.97. The second-order valence-corrected chi connectivity index (χ2v) is 4.60. The molecule has 0 bridgehead atoms. The molecule has 1 saturated heterocycles. The molecule has 0 spiro atoms.